The Morgan fingerprint density at radius 3 is 2.45 bits per heavy atom. The maximum atomic E-state index is 12.5. The summed E-state index contributed by atoms with van der Waals surface area (Å²) >= 11 is 0. The molecule has 116 valence electrons. The van der Waals surface area contributed by atoms with Crippen LogP contribution < -0.4 is 5.32 Å². The van der Waals surface area contributed by atoms with Gasteiger partial charge in [0, 0.05) is 25.7 Å². The predicted molar refractivity (Wildman–Crippen MR) is 78.1 cm³/mol. The molecule has 0 aromatic carbocycles. The zero-order valence-electron chi connectivity index (χ0n) is 12.1. The van der Waals surface area contributed by atoms with Crippen molar-refractivity contribution in [2.45, 2.75) is 49.8 Å². The lowest BCUT2D eigenvalue weighted by Crippen LogP contribution is -2.49. The van der Waals surface area contributed by atoms with Crippen molar-refractivity contribution in [3.8, 4) is 0 Å². The topological polar surface area (TPSA) is 58.6 Å². The molecule has 3 rings (SSSR count). The largest absolute Gasteiger partial charge is 0.380 e. The van der Waals surface area contributed by atoms with E-state index in [-0.39, 0.29) is 5.25 Å². The van der Waals surface area contributed by atoms with E-state index < -0.39 is 10.0 Å². The van der Waals surface area contributed by atoms with Crippen LogP contribution >= 0.6 is 0 Å². The first kappa shape index (κ1) is 14.8. The minimum Gasteiger partial charge on any atom is -0.380 e. The van der Waals surface area contributed by atoms with Crippen LogP contribution in [-0.2, 0) is 14.8 Å². The number of ether oxygens (including phenoxy) is 1. The van der Waals surface area contributed by atoms with Crippen molar-refractivity contribution >= 4 is 10.0 Å². The number of sulfonamides is 1. The van der Waals surface area contributed by atoms with Crippen LogP contribution in [0.3, 0.4) is 0 Å². The Hall–Kier alpha value is -0.170. The van der Waals surface area contributed by atoms with Gasteiger partial charge >= 0.3 is 0 Å². The summed E-state index contributed by atoms with van der Waals surface area (Å²) < 4.78 is 32.1. The van der Waals surface area contributed by atoms with Crippen LogP contribution in [0.25, 0.3) is 0 Å². The fourth-order valence-electron chi connectivity index (χ4n) is 3.13. The van der Waals surface area contributed by atoms with Crippen LogP contribution in [-0.4, -0.2) is 56.9 Å². The van der Waals surface area contributed by atoms with Gasteiger partial charge in [-0.1, -0.05) is 0 Å². The molecule has 2 aliphatic heterocycles. The fraction of sp³-hybridized carbons (Fsp3) is 1.00. The van der Waals surface area contributed by atoms with Gasteiger partial charge in [0.05, 0.1) is 11.9 Å². The average Bonchev–Trinajstić information content (AvgIpc) is 3.31. The number of piperidine rings is 1. The number of nitrogens with one attached hydrogen (secondary N) is 1. The van der Waals surface area contributed by atoms with Gasteiger partial charge in [0.25, 0.3) is 0 Å². The van der Waals surface area contributed by atoms with Gasteiger partial charge in [0.2, 0.25) is 10.0 Å². The van der Waals surface area contributed by atoms with Gasteiger partial charge in [0.1, 0.15) is 0 Å². The van der Waals surface area contributed by atoms with Crippen molar-refractivity contribution in [1.29, 1.82) is 0 Å². The van der Waals surface area contributed by atoms with Gasteiger partial charge in [-0.2, -0.15) is 0 Å². The summed E-state index contributed by atoms with van der Waals surface area (Å²) in [5, 5.41) is 3.28. The van der Waals surface area contributed by atoms with Crippen molar-refractivity contribution in [1.82, 2.24) is 9.62 Å². The molecular formula is C14H26N2O3S. The summed E-state index contributed by atoms with van der Waals surface area (Å²) in [5.41, 5.74) is 0. The Morgan fingerprint density at radius 1 is 1.10 bits per heavy atom. The molecule has 6 heteroatoms. The molecule has 2 saturated heterocycles. The second kappa shape index (κ2) is 6.30. The molecule has 0 aromatic heterocycles. The van der Waals surface area contributed by atoms with E-state index in [4.69, 9.17) is 4.74 Å². The van der Waals surface area contributed by atoms with Gasteiger partial charge < -0.3 is 10.1 Å². The third-order valence-electron chi connectivity index (χ3n) is 4.75. The lowest BCUT2D eigenvalue weighted by molar-refractivity contribution is 0.0970. The summed E-state index contributed by atoms with van der Waals surface area (Å²) in [6.07, 6.45) is 6.23. The SMILES string of the molecule is O=S(=O)(C1CCCOC1)N1CCC(NCC2CC2)CC1. The van der Waals surface area contributed by atoms with Gasteiger partial charge in [-0.3, -0.25) is 0 Å². The lowest BCUT2D eigenvalue weighted by atomic mass is 10.1. The van der Waals surface area contributed by atoms with Crippen molar-refractivity contribution in [3.63, 3.8) is 0 Å². The molecule has 1 atom stereocenters. The van der Waals surface area contributed by atoms with E-state index >= 15 is 0 Å². The summed E-state index contributed by atoms with van der Waals surface area (Å²) in [6.45, 7) is 3.54. The highest BCUT2D eigenvalue weighted by Gasteiger charge is 2.35. The number of nitrogens with zero attached hydrogens (tertiary/aromatic N) is 1. The van der Waals surface area contributed by atoms with Crippen LogP contribution in [0, 0.1) is 5.92 Å². The average molecular weight is 302 g/mol. The first-order chi connectivity index (χ1) is 9.66. The molecule has 20 heavy (non-hydrogen) atoms. The first-order valence-corrected chi connectivity index (χ1v) is 9.46. The van der Waals surface area contributed by atoms with E-state index in [0.717, 1.165) is 38.1 Å². The first-order valence-electron chi connectivity index (χ1n) is 7.96. The van der Waals surface area contributed by atoms with Gasteiger partial charge in [0.15, 0.2) is 0 Å². The standard InChI is InChI=1S/C14H26N2O3S/c17-20(18,14-2-1-9-19-11-14)16-7-5-13(6-8-16)15-10-12-3-4-12/h12-15H,1-11H2. The summed E-state index contributed by atoms with van der Waals surface area (Å²) in [6, 6.07) is 0.504. The van der Waals surface area contributed by atoms with E-state index in [1.54, 1.807) is 4.31 Å². The maximum Gasteiger partial charge on any atom is 0.219 e. The van der Waals surface area contributed by atoms with E-state index in [2.05, 4.69) is 5.32 Å². The zero-order chi connectivity index (χ0) is 14.0. The Kier molecular flexibility index (Phi) is 4.65. The molecule has 0 radical (unpaired) electrons. The molecular weight excluding hydrogens is 276 g/mol. The summed E-state index contributed by atoms with van der Waals surface area (Å²) in [4.78, 5) is 0. The third kappa shape index (κ3) is 3.53. The molecule has 1 saturated carbocycles. The van der Waals surface area contributed by atoms with E-state index in [1.165, 1.54) is 12.8 Å². The molecule has 0 amide bonds. The van der Waals surface area contributed by atoms with E-state index in [1.807, 2.05) is 0 Å². The van der Waals surface area contributed by atoms with Crippen LogP contribution in [0.4, 0.5) is 0 Å². The number of hydrogen-bond donors (Lipinski definition) is 1. The van der Waals surface area contributed by atoms with Crippen molar-refractivity contribution in [2.75, 3.05) is 32.8 Å². The van der Waals surface area contributed by atoms with Crippen molar-refractivity contribution in [2.24, 2.45) is 5.92 Å². The summed E-state index contributed by atoms with van der Waals surface area (Å²) in [7, 11) is -3.15. The lowest BCUT2D eigenvalue weighted by Gasteiger charge is -2.35. The smallest absolute Gasteiger partial charge is 0.219 e. The molecule has 1 N–H and O–H groups in total. The van der Waals surface area contributed by atoms with Crippen LogP contribution in [0.5, 0.6) is 0 Å². The maximum absolute atomic E-state index is 12.5. The predicted octanol–water partition coefficient (Wildman–Crippen LogP) is 0.959. The summed E-state index contributed by atoms with van der Waals surface area (Å²) in [5.74, 6) is 0.885. The molecule has 3 aliphatic rings. The normalized spacial score (nSPS) is 30.5. The highest BCUT2D eigenvalue weighted by molar-refractivity contribution is 7.89. The van der Waals surface area contributed by atoms with E-state index in [9.17, 15) is 8.42 Å². The second-order valence-electron chi connectivity index (χ2n) is 6.41. The highest BCUT2D eigenvalue weighted by atomic mass is 32.2. The number of rotatable bonds is 5. The van der Waals surface area contributed by atoms with Crippen molar-refractivity contribution < 1.29 is 13.2 Å². The Balaban J connectivity index is 1.48. The van der Waals surface area contributed by atoms with Gasteiger partial charge in [-0.05, 0) is 51.0 Å². The zero-order valence-corrected chi connectivity index (χ0v) is 12.9. The third-order valence-corrected chi connectivity index (χ3v) is 7.04. The molecule has 0 bridgehead atoms. The molecule has 5 nitrogen and oxygen atoms in total. The highest BCUT2D eigenvalue weighted by Crippen LogP contribution is 2.28. The van der Waals surface area contributed by atoms with Crippen LogP contribution in [0.1, 0.15) is 38.5 Å². The second-order valence-corrected chi connectivity index (χ2v) is 8.62. The van der Waals surface area contributed by atoms with Gasteiger partial charge in [-0.25, -0.2) is 12.7 Å². The Morgan fingerprint density at radius 2 is 1.85 bits per heavy atom. The molecule has 1 unspecified atom stereocenters. The quantitative estimate of drug-likeness (QED) is 0.822. The minimum absolute atomic E-state index is 0.313. The van der Waals surface area contributed by atoms with Crippen LogP contribution in [0.15, 0.2) is 0 Å². The monoisotopic (exact) mass is 302 g/mol. The Bertz CT molecular complexity index is 408. The molecule has 1 aliphatic carbocycles. The van der Waals surface area contributed by atoms with E-state index in [0.29, 0.717) is 32.3 Å². The molecule has 0 aromatic rings. The fourth-order valence-corrected chi connectivity index (χ4v) is 5.00. The molecule has 2 heterocycles. The van der Waals surface area contributed by atoms with Crippen LogP contribution in [0.2, 0.25) is 0 Å². The van der Waals surface area contributed by atoms with Crippen molar-refractivity contribution in [3.05, 3.63) is 0 Å². The molecule has 0 spiro atoms. The minimum atomic E-state index is -3.15. The number of hydrogen-bond acceptors (Lipinski definition) is 4. The Labute approximate surface area is 122 Å². The molecule has 3 fully saturated rings. The van der Waals surface area contributed by atoms with Gasteiger partial charge in [-0.15, -0.1) is 0 Å².